The van der Waals surface area contributed by atoms with Gasteiger partial charge in [0.25, 0.3) is 0 Å². The number of aliphatic hydroxyl groups is 1. The second-order valence-electron chi connectivity index (χ2n) is 10.9. The fourth-order valence-corrected chi connectivity index (χ4v) is 5.35. The zero-order valence-electron chi connectivity index (χ0n) is 21.8. The monoisotopic (exact) mass is 560 g/mol. The lowest BCUT2D eigenvalue weighted by Gasteiger charge is -2.17. The average molecular weight is 561 g/mol. The predicted molar refractivity (Wildman–Crippen MR) is 135 cm³/mol. The highest BCUT2D eigenvalue weighted by atomic mass is 19.4. The lowest BCUT2D eigenvalue weighted by Crippen LogP contribution is -2.19. The van der Waals surface area contributed by atoms with Crippen molar-refractivity contribution in [1.82, 2.24) is 9.97 Å². The van der Waals surface area contributed by atoms with E-state index in [1.807, 2.05) is 0 Å². The van der Waals surface area contributed by atoms with Crippen molar-refractivity contribution in [3.05, 3.63) is 70.8 Å². The van der Waals surface area contributed by atoms with Gasteiger partial charge in [-0.2, -0.15) is 13.2 Å². The standard InChI is InChI=1S/C29H28F4N2O5/c1-28(2,38)6-3-7-39-24-11-21(29(31,32)33)19(12-34-24)15-4-5-22(30)17(8-15)14-40-23-10-16-9-18-25(20(16)13-35-23)26(18)27(36)37/h4-5,8,10-13,18,25-26,38H,3,6-7,9,14H2,1-2H3,(H,36,37)/t18-,25-,26+/m1/s1. The minimum Gasteiger partial charge on any atom is -0.481 e. The topological polar surface area (TPSA) is 102 Å². The molecule has 2 N–H and O–H groups in total. The molecule has 0 amide bonds. The molecular weight excluding hydrogens is 532 g/mol. The number of carboxylic acid groups (broad SMARTS) is 1. The number of hydrogen-bond donors (Lipinski definition) is 2. The van der Waals surface area contributed by atoms with Crippen LogP contribution >= 0.6 is 0 Å². The van der Waals surface area contributed by atoms with Gasteiger partial charge in [-0.25, -0.2) is 14.4 Å². The van der Waals surface area contributed by atoms with Crippen molar-refractivity contribution < 1.29 is 42.0 Å². The van der Waals surface area contributed by atoms with Crippen molar-refractivity contribution in [2.24, 2.45) is 11.8 Å². The van der Waals surface area contributed by atoms with Crippen LogP contribution in [0.5, 0.6) is 11.8 Å². The van der Waals surface area contributed by atoms with E-state index in [4.69, 9.17) is 9.47 Å². The normalized spacial score (nSPS) is 19.6. The number of fused-ring (bicyclic) bond motifs is 3. The van der Waals surface area contributed by atoms with Gasteiger partial charge in [0, 0.05) is 41.6 Å². The molecule has 2 aliphatic rings. The van der Waals surface area contributed by atoms with Crippen LogP contribution in [0.15, 0.2) is 42.7 Å². The number of ether oxygens (including phenoxy) is 2. The Morgan fingerprint density at radius 1 is 1.07 bits per heavy atom. The summed E-state index contributed by atoms with van der Waals surface area (Å²) in [6.07, 6.45) is -0.650. The molecule has 11 heteroatoms. The number of hydrogen-bond acceptors (Lipinski definition) is 6. The first kappa shape index (κ1) is 27.8. The van der Waals surface area contributed by atoms with E-state index in [1.54, 1.807) is 26.1 Å². The molecule has 0 bridgehead atoms. The highest BCUT2D eigenvalue weighted by molar-refractivity contribution is 5.77. The Morgan fingerprint density at radius 2 is 1.80 bits per heavy atom. The van der Waals surface area contributed by atoms with E-state index in [2.05, 4.69) is 9.97 Å². The molecule has 2 aliphatic carbocycles. The summed E-state index contributed by atoms with van der Waals surface area (Å²) < 4.78 is 67.5. The molecule has 0 spiro atoms. The number of alkyl halides is 3. The maximum absolute atomic E-state index is 14.6. The van der Waals surface area contributed by atoms with Gasteiger partial charge in [-0.15, -0.1) is 0 Å². The van der Waals surface area contributed by atoms with Crippen LogP contribution in [-0.4, -0.2) is 38.4 Å². The maximum Gasteiger partial charge on any atom is 0.417 e. The number of carboxylic acids is 1. The van der Waals surface area contributed by atoms with E-state index < -0.39 is 29.1 Å². The van der Waals surface area contributed by atoms with Gasteiger partial charge in [0.2, 0.25) is 11.8 Å². The third-order valence-electron chi connectivity index (χ3n) is 7.37. The first-order chi connectivity index (χ1) is 18.8. The summed E-state index contributed by atoms with van der Waals surface area (Å²) in [5.74, 6) is -1.81. The largest absolute Gasteiger partial charge is 0.481 e. The summed E-state index contributed by atoms with van der Waals surface area (Å²) >= 11 is 0. The molecule has 7 nitrogen and oxygen atoms in total. The zero-order valence-corrected chi connectivity index (χ0v) is 21.8. The van der Waals surface area contributed by atoms with Gasteiger partial charge in [0.15, 0.2) is 0 Å². The lowest BCUT2D eigenvalue weighted by molar-refractivity contribution is -0.139. The van der Waals surface area contributed by atoms with Crippen LogP contribution in [0, 0.1) is 17.7 Å². The van der Waals surface area contributed by atoms with Gasteiger partial charge in [-0.3, -0.25) is 4.79 Å². The van der Waals surface area contributed by atoms with Crippen LogP contribution < -0.4 is 9.47 Å². The Labute approximate surface area is 227 Å². The number of nitrogens with zero attached hydrogens (tertiary/aromatic N) is 2. The molecule has 3 atom stereocenters. The van der Waals surface area contributed by atoms with Crippen molar-refractivity contribution in [3.63, 3.8) is 0 Å². The van der Waals surface area contributed by atoms with Crippen molar-refractivity contribution in [2.45, 2.75) is 57.4 Å². The van der Waals surface area contributed by atoms with Crippen molar-refractivity contribution in [3.8, 4) is 22.9 Å². The van der Waals surface area contributed by atoms with Gasteiger partial charge < -0.3 is 19.7 Å². The Balaban J connectivity index is 1.30. The number of aromatic nitrogens is 2. The van der Waals surface area contributed by atoms with Crippen LogP contribution in [-0.2, 0) is 24.0 Å². The Kier molecular flexibility index (Phi) is 7.20. The van der Waals surface area contributed by atoms with Crippen LogP contribution in [0.1, 0.15) is 54.9 Å². The SMILES string of the molecule is CC(C)(O)CCCOc1cc(C(F)(F)F)c(-c2ccc(F)c(COc3cc4c(cn3)[C@H]3[C@@H](C4)[C@@H]3C(=O)O)c2)cn1. The van der Waals surface area contributed by atoms with Crippen molar-refractivity contribution >= 4 is 5.97 Å². The summed E-state index contributed by atoms with van der Waals surface area (Å²) in [4.78, 5) is 19.5. The predicted octanol–water partition coefficient (Wildman–Crippen LogP) is 5.78. The van der Waals surface area contributed by atoms with E-state index >= 15 is 0 Å². The molecule has 2 heterocycles. The number of carbonyl (C=O) groups is 1. The molecule has 1 fully saturated rings. The number of rotatable bonds is 10. The van der Waals surface area contributed by atoms with Crippen LogP contribution in [0.3, 0.4) is 0 Å². The van der Waals surface area contributed by atoms with E-state index in [1.165, 1.54) is 12.1 Å². The first-order valence-corrected chi connectivity index (χ1v) is 12.9. The second-order valence-corrected chi connectivity index (χ2v) is 10.9. The van der Waals surface area contributed by atoms with Crippen molar-refractivity contribution in [2.75, 3.05) is 6.61 Å². The molecule has 1 aromatic carbocycles. The van der Waals surface area contributed by atoms with Crippen LogP contribution in [0.2, 0.25) is 0 Å². The molecule has 40 heavy (non-hydrogen) atoms. The van der Waals surface area contributed by atoms with Crippen LogP contribution in [0.25, 0.3) is 11.1 Å². The Hall–Kier alpha value is -3.73. The summed E-state index contributed by atoms with van der Waals surface area (Å²) in [5, 5.41) is 19.0. The minimum atomic E-state index is -4.72. The van der Waals surface area contributed by atoms with Gasteiger partial charge in [-0.05, 0) is 67.9 Å². The summed E-state index contributed by atoms with van der Waals surface area (Å²) in [6, 6.07) is 6.12. The number of halogens is 4. The Bertz CT molecular complexity index is 1440. The minimum absolute atomic E-state index is 0.0358. The van der Waals surface area contributed by atoms with Crippen molar-refractivity contribution in [1.29, 1.82) is 0 Å². The van der Waals surface area contributed by atoms with E-state index in [0.717, 1.165) is 29.5 Å². The van der Waals surface area contributed by atoms with Gasteiger partial charge >= 0.3 is 12.1 Å². The van der Waals surface area contributed by atoms with Gasteiger partial charge in [0.1, 0.15) is 12.4 Å². The lowest BCUT2D eigenvalue weighted by atomic mass is 9.99. The molecule has 0 aliphatic heterocycles. The molecular formula is C29H28F4N2O5. The fraction of sp³-hybridized carbons (Fsp3) is 0.414. The van der Waals surface area contributed by atoms with E-state index in [9.17, 15) is 32.6 Å². The average Bonchev–Trinajstić information content (AvgIpc) is 3.47. The zero-order chi connectivity index (χ0) is 28.8. The fourth-order valence-electron chi connectivity index (χ4n) is 5.35. The molecule has 0 unspecified atom stereocenters. The maximum atomic E-state index is 14.6. The first-order valence-electron chi connectivity index (χ1n) is 12.9. The van der Waals surface area contributed by atoms with E-state index in [-0.39, 0.29) is 59.4 Å². The van der Waals surface area contributed by atoms with E-state index in [0.29, 0.717) is 19.3 Å². The molecule has 0 saturated heterocycles. The Morgan fingerprint density at radius 3 is 2.50 bits per heavy atom. The quantitative estimate of drug-likeness (QED) is 0.239. The summed E-state index contributed by atoms with van der Waals surface area (Å²) in [7, 11) is 0. The van der Waals surface area contributed by atoms with Crippen LogP contribution in [0.4, 0.5) is 17.6 Å². The summed E-state index contributed by atoms with van der Waals surface area (Å²) in [6.45, 7) is 3.08. The third kappa shape index (κ3) is 5.89. The molecule has 2 aromatic heterocycles. The summed E-state index contributed by atoms with van der Waals surface area (Å²) in [5.41, 5.74) is -0.157. The highest BCUT2D eigenvalue weighted by Gasteiger charge is 2.59. The molecule has 5 rings (SSSR count). The smallest absolute Gasteiger partial charge is 0.417 e. The third-order valence-corrected chi connectivity index (χ3v) is 7.37. The van der Waals surface area contributed by atoms with Gasteiger partial charge in [0.05, 0.1) is 23.7 Å². The number of aliphatic carboxylic acids is 1. The second kappa shape index (κ2) is 10.3. The molecule has 3 aromatic rings. The number of pyridine rings is 2. The highest BCUT2D eigenvalue weighted by Crippen LogP contribution is 2.61. The molecule has 1 saturated carbocycles. The van der Waals surface area contributed by atoms with Gasteiger partial charge in [-0.1, -0.05) is 6.07 Å². The molecule has 0 radical (unpaired) electrons. The molecule has 212 valence electrons. The number of benzene rings is 1.